The van der Waals surface area contributed by atoms with E-state index in [1.807, 2.05) is 30.7 Å². The lowest BCUT2D eigenvalue weighted by molar-refractivity contribution is 0.0949. The first-order chi connectivity index (χ1) is 14.3. The number of phenolic OH excluding ortho intramolecular Hbond substituents is 1. The maximum Gasteiger partial charge on any atom is 0.255 e. The normalized spacial score (nSPS) is 10.6. The highest BCUT2D eigenvalue weighted by atomic mass is 79.9. The second kappa shape index (κ2) is 9.58. The SMILES string of the molecule is Cc1cc(C)n(CCCNC(=O)c2ccc(NC(=O)c3cccc(Br)c3)cc2O)n1. The lowest BCUT2D eigenvalue weighted by Crippen LogP contribution is -2.25. The van der Waals surface area contributed by atoms with Crippen LogP contribution in [0.1, 0.15) is 38.5 Å². The van der Waals surface area contributed by atoms with Crippen molar-refractivity contribution in [1.29, 1.82) is 0 Å². The van der Waals surface area contributed by atoms with Crippen LogP contribution < -0.4 is 10.6 Å². The number of nitrogens with one attached hydrogen (secondary N) is 2. The molecule has 0 aliphatic rings. The molecule has 0 bridgehead atoms. The Hall–Kier alpha value is -3.13. The van der Waals surface area contributed by atoms with Gasteiger partial charge >= 0.3 is 0 Å². The molecule has 0 fully saturated rings. The van der Waals surface area contributed by atoms with Crippen LogP contribution >= 0.6 is 15.9 Å². The summed E-state index contributed by atoms with van der Waals surface area (Å²) in [7, 11) is 0. The number of carbonyl (C=O) groups excluding carboxylic acids is 2. The van der Waals surface area contributed by atoms with Crippen molar-refractivity contribution in [3.05, 3.63) is 75.5 Å². The van der Waals surface area contributed by atoms with Gasteiger partial charge in [0.05, 0.1) is 11.3 Å². The summed E-state index contributed by atoms with van der Waals surface area (Å²) >= 11 is 3.33. The molecule has 0 saturated heterocycles. The molecule has 3 N–H and O–H groups in total. The molecule has 0 spiro atoms. The molecule has 0 aliphatic heterocycles. The first-order valence-electron chi connectivity index (χ1n) is 9.52. The van der Waals surface area contributed by atoms with Crippen LogP contribution in [0.3, 0.4) is 0 Å². The standard InChI is InChI=1S/C22H23BrN4O3/c1-14-11-15(2)27(26-14)10-4-9-24-22(30)19-8-7-18(13-20(19)28)25-21(29)16-5-3-6-17(23)12-16/h3,5-8,11-13,28H,4,9-10H2,1-2H3,(H,24,30)(H,25,29). The van der Waals surface area contributed by atoms with Crippen LogP contribution in [0.5, 0.6) is 5.75 Å². The van der Waals surface area contributed by atoms with E-state index < -0.39 is 0 Å². The van der Waals surface area contributed by atoms with Crippen molar-refractivity contribution in [3.8, 4) is 5.75 Å². The predicted octanol–water partition coefficient (Wildman–Crippen LogP) is 4.04. The molecule has 8 heteroatoms. The highest BCUT2D eigenvalue weighted by Crippen LogP contribution is 2.23. The maximum atomic E-state index is 12.4. The molecule has 0 atom stereocenters. The number of carbonyl (C=O) groups is 2. The first-order valence-corrected chi connectivity index (χ1v) is 10.3. The summed E-state index contributed by atoms with van der Waals surface area (Å²) in [5.41, 5.74) is 3.08. The smallest absolute Gasteiger partial charge is 0.255 e. The summed E-state index contributed by atoms with van der Waals surface area (Å²) in [6.45, 7) is 5.09. The zero-order chi connectivity index (χ0) is 21.7. The number of halogens is 1. The largest absolute Gasteiger partial charge is 0.507 e. The number of benzene rings is 2. The maximum absolute atomic E-state index is 12.4. The monoisotopic (exact) mass is 470 g/mol. The number of hydrogen-bond donors (Lipinski definition) is 3. The fourth-order valence-corrected chi connectivity index (χ4v) is 3.46. The van der Waals surface area contributed by atoms with Gasteiger partial charge in [0.2, 0.25) is 0 Å². The van der Waals surface area contributed by atoms with E-state index in [4.69, 9.17) is 0 Å². The van der Waals surface area contributed by atoms with Crippen LogP contribution in [0, 0.1) is 13.8 Å². The number of nitrogens with zero attached hydrogens (tertiary/aromatic N) is 2. The Morgan fingerprint density at radius 2 is 1.90 bits per heavy atom. The molecule has 1 aromatic heterocycles. The molecule has 3 aromatic rings. The summed E-state index contributed by atoms with van der Waals surface area (Å²) in [6, 6.07) is 13.4. The van der Waals surface area contributed by atoms with Gasteiger partial charge in [0.25, 0.3) is 11.8 Å². The molecule has 30 heavy (non-hydrogen) atoms. The number of hydrogen-bond acceptors (Lipinski definition) is 4. The van der Waals surface area contributed by atoms with E-state index in [-0.39, 0.29) is 23.1 Å². The van der Waals surface area contributed by atoms with Crippen molar-refractivity contribution in [2.24, 2.45) is 0 Å². The van der Waals surface area contributed by atoms with Crippen molar-refractivity contribution in [2.45, 2.75) is 26.8 Å². The van der Waals surface area contributed by atoms with E-state index in [0.29, 0.717) is 24.3 Å². The third-order valence-electron chi connectivity index (χ3n) is 4.52. The highest BCUT2D eigenvalue weighted by Gasteiger charge is 2.13. The minimum absolute atomic E-state index is 0.154. The van der Waals surface area contributed by atoms with Gasteiger partial charge in [0.15, 0.2) is 0 Å². The summed E-state index contributed by atoms with van der Waals surface area (Å²) in [4.78, 5) is 24.7. The molecule has 0 radical (unpaired) electrons. The second-order valence-corrected chi connectivity index (χ2v) is 7.87. The minimum Gasteiger partial charge on any atom is -0.507 e. The van der Waals surface area contributed by atoms with Gasteiger partial charge in [-0.1, -0.05) is 22.0 Å². The van der Waals surface area contributed by atoms with Crippen LogP contribution in [0.25, 0.3) is 0 Å². The van der Waals surface area contributed by atoms with Gasteiger partial charge in [-0.2, -0.15) is 5.10 Å². The van der Waals surface area contributed by atoms with E-state index >= 15 is 0 Å². The molecule has 2 aromatic carbocycles. The summed E-state index contributed by atoms with van der Waals surface area (Å²) in [6.07, 6.45) is 0.717. The lowest BCUT2D eigenvalue weighted by atomic mass is 10.1. The van der Waals surface area contributed by atoms with Crippen LogP contribution in [-0.2, 0) is 6.54 Å². The molecular weight excluding hydrogens is 448 g/mol. The van der Waals surface area contributed by atoms with E-state index in [9.17, 15) is 14.7 Å². The van der Waals surface area contributed by atoms with Crippen molar-refractivity contribution >= 4 is 33.4 Å². The quantitative estimate of drug-likeness (QED) is 0.454. The number of aryl methyl sites for hydroxylation is 3. The van der Waals surface area contributed by atoms with Gasteiger partial charge in [-0.15, -0.1) is 0 Å². The Kier molecular flexibility index (Phi) is 6.89. The average Bonchev–Trinajstić information content (AvgIpc) is 3.02. The summed E-state index contributed by atoms with van der Waals surface area (Å²) < 4.78 is 2.70. The van der Waals surface area contributed by atoms with E-state index in [1.54, 1.807) is 24.3 Å². The fraction of sp³-hybridized carbons (Fsp3) is 0.227. The number of aromatic nitrogens is 2. The second-order valence-electron chi connectivity index (χ2n) is 6.96. The number of rotatable bonds is 7. The van der Waals surface area contributed by atoms with Gasteiger partial charge < -0.3 is 15.7 Å². The van der Waals surface area contributed by atoms with Crippen LogP contribution in [0.2, 0.25) is 0 Å². The minimum atomic E-state index is -0.370. The Balaban J connectivity index is 1.54. The molecule has 156 valence electrons. The molecule has 0 saturated carbocycles. The predicted molar refractivity (Wildman–Crippen MR) is 119 cm³/mol. The van der Waals surface area contributed by atoms with Gasteiger partial charge in [-0.05, 0) is 56.7 Å². The Morgan fingerprint density at radius 1 is 1.10 bits per heavy atom. The molecule has 7 nitrogen and oxygen atoms in total. The van der Waals surface area contributed by atoms with E-state index in [0.717, 1.165) is 22.3 Å². The van der Waals surface area contributed by atoms with Crippen molar-refractivity contribution in [1.82, 2.24) is 15.1 Å². The Morgan fingerprint density at radius 3 is 2.57 bits per heavy atom. The van der Waals surface area contributed by atoms with Crippen LogP contribution in [-0.4, -0.2) is 33.2 Å². The van der Waals surface area contributed by atoms with Gasteiger partial charge in [0.1, 0.15) is 5.75 Å². The Labute approximate surface area is 183 Å². The summed E-state index contributed by atoms with van der Waals surface area (Å²) in [5, 5.41) is 20.1. The third kappa shape index (κ3) is 5.48. The number of amides is 2. The Bertz CT molecular complexity index is 1080. The fourth-order valence-electron chi connectivity index (χ4n) is 3.06. The van der Waals surface area contributed by atoms with Gasteiger partial charge in [-0.25, -0.2) is 0 Å². The van der Waals surface area contributed by atoms with Crippen molar-refractivity contribution < 1.29 is 14.7 Å². The molecular formula is C22H23BrN4O3. The number of aromatic hydroxyl groups is 1. The summed E-state index contributed by atoms with van der Waals surface area (Å²) in [5.74, 6) is -0.874. The molecule has 0 unspecified atom stereocenters. The highest BCUT2D eigenvalue weighted by molar-refractivity contribution is 9.10. The molecule has 3 rings (SSSR count). The van der Waals surface area contributed by atoms with Crippen molar-refractivity contribution in [3.63, 3.8) is 0 Å². The number of anilines is 1. The average molecular weight is 471 g/mol. The molecule has 0 aliphatic carbocycles. The lowest BCUT2D eigenvalue weighted by Gasteiger charge is -2.10. The number of phenols is 1. The molecule has 2 amide bonds. The van der Waals surface area contributed by atoms with Crippen LogP contribution in [0.4, 0.5) is 5.69 Å². The van der Waals surface area contributed by atoms with Crippen molar-refractivity contribution in [2.75, 3.05) is 11.9 Å². The van der Waals surface area contributed by atoms with Gasteiger partial charge in [0, 0.05) is 40.6 Å². The first kappa shape index (κ1) is 21.6. The van der Waals surface area contributed by atoms with Gasteiger partial charge in [-0.3, -0.25) is 14.3 Å². The third-order valence-corrected chi connectivity index (χ3v) is 5.02. The van der Waals surface area contributed by atoms with E-state index in [2.05, 4.69) is 31.7 Å². The zero-order valence-electron chi connectivity index (χ0n) is 16.8. The molecule has 1 heterocycles. The van der Waals surface area contributed by atoms with E-state index in [1.165, 1.54) is 12.1 Å². The topological polar surface area (TPSA) is 96.2 Å². The zero-order valence-corrected chi connectivity index (χ0v) is 18.4. The van der Waals surface area contributed by atoms with Crippen LogP contribution in [0.15, 0.2) is 53.0 Å².